The molecule has 2 fully saturated rings. The van der Waals surface area contributed by atoms with Crippen LogP contribution in [0.3, 0.4) is 0 Å². The van der Waals surface area contributed by atoms with Crippen LogP contribution >= 0.6 is 11.8 Å². The van der Waals surface area contributed by atoms with Crippen molar-refractivity contribution in [2.24, 2.45) is 5.73 Å². The van der Waals surface area contributed by atoms with Gasteiger partial charge in [-0.3, -0.25) is 14.4 Å². The van der Waals surface area contributed by atoms with Crippen molar-refractivity contribution in [3.8, 4) is 0 Å². The number of nitrogens with zero attached hydrogens (tertiary/aromatic N) is 5. The van der Waals surface area contributed by atoms with E-state index in [0.29, 0.717) is 19.3 Å². The van der Waals surface area contributed by atoms with Gasteiger partial charge in [-0.05, 0) is 37.1 Å². The minimum Gasteiger partial charge on any atom is -0.343 e. The van der Waals surface area contributed by atoms with Crippen LogP contribution in [-0.4, -0.2) is 85.2 Å². The quantitative estimate of drug-likeness (QED) is 0.224. The Kier molecular flexibility index (Phi) is 8.98. The first-order valence-corrected chi connectivity index (χ1v) is 14.8. The van der Waals surface area contributed by atoms with Gasteiger partial charge >= 0.3 is 0 Å². The van der Waals surface area contributed by atoms with Crippen LogP contribution in [0, 0.1) is 0 Å². The lowest BCUT2D eigenvalue weighted by atomic mass is 9.95. The van der Waals surface area contributed by atoms with E-state index in [0.717, 1.165) is 23.3 Å². The van der Waals surface area contributed by atoms with Crippen LogP contribution in [0.5, 0.6) is 0 Å². The summed E-state index contributed by atoms with van der Waals surface area (Å²) in [6.45, 7) is 7.47. The Balaban J connectivity index is 1.77. The molecule has 202 valence electrons. The maximum absolute atomic E-state index is 13.2. The smallest absolute Gasteiger partial charge is 0.256 e. The number of tetrazole rings is 1. The largest absolute Gasteiger partial charge is 0.343 e. The molecule has 0 aliphatic carbocycles. The van der Waals surface area contributed by atoms with Crippen LogP contribution in [-0.2, 0) is 24.4 Å². The molecular formula is C21H36N8O5S2. The van der Waals surface area contributed by atoms with Gasteiger partial charge in [-0.15, -0.1) is 20.9 Å². The maximum Gasteiger partial charge on any atom is 0.256 e. The molecule has 36 heavy (non-hydrogen) atoms. The molecule has 0 spiro atoms. The molecule has 15 heteroatoms. The van der Waals surface area contributed by atoms with Crippen molar-refractivity contribution in [1.82, 2.24) is 35.1 Å². The molecule has 3 heterocycles. The minimum atomic E-state index is -3.80. The Bertz CT molecular complexity index is 1080. The number of hydrogen-bond donors (Lipinski definition) is 3. The fourth-order valence-corrected chi connectivity index (χ4v) is 7.51. The van der Waals surface area contributed by atoms with Crippen molar-refractivity contribution in [3.63, 3.8) is 0 Å². The van der Waals surface area contributed by atoms with Gasteiger partial charge in [-0.1, -0.05) is 39.5 Å². The Labute approximate surface area is 215 Å². The van der Waals surface area contributed by atoms with Crippen molar-refractivity contribution in [3.05, 3.63) is 5.82 Å². The lowest BCUT2D eigenvalue weighted by molar-refractivity contribution is -0.152. The molecule has 4 atom stereocenters. The van der Waals surface area contributed by atoms with Crippen molar-refractivity contribution >= 4 is 39.5 Å². The van der Waals surface area contributed by atoms with Crippen LogP contribution < -0.4 is 16.4 Å². The number of unbranched alkanes of at least 4 members (excludes halogenated alkanes) is 3. The molecule has 2 aliphatic heterocycles. The van der Waals surface area contributed by atoms with Gasteiger partial charge in [0.05, 0.1) is 12.3 Å². The maximum atomic E-state index is 13.2. The molecule has 2 saturated heterocycles. The number of fused-ring (bicyclic) bond motifs is 1. The standard InChI is InChI=1S/C21H36N8O5S2/c1-5-7-8-9-11-36(33,34)29-17(25-26-27-29)16-21(3,4)35-20-15(19(32)28(16)20)24-18(31)13(10-6-2)23-14(30)12-22/h13,15-16,20H,5-12,22H2,1-4H3,(H,23,30)(H,24,31)/t13?,15?,16?,20-/m0/s1. The van der Waals surface area contributed by atoms with Crippen LogP contribution in [0.25, 0.3) is 0 Å². The van der Waals surface area contributed by atoms with Crippen LogP contribution in [0.1, 0.15) is 78.1 Å². The number of carbonyl (C=O) groups is 3. The van der Waals surface area contributed by atoms with E-state index in [2.05, 4.69) is 26.2 Å². The van der Waals surface area contributed by atoms with E-state index in [1.54, 1.807) is 0 Å². The van der Waals surface area contributed by atoms with E-state index < -0.39 is 50.1 Å². The van der Waals surface area contributed by atoms with E-state index >= 15 is 0 Å². The van der Waals surface area contributed by atoms with Crippen LogP contribution in [0.15, 0.2) is 0 Å². The van der Waals surface area contributed by atoms with Gasteiger partial charge in [-0.25, -0.2) is 8.42 Å². The summed E-state index contributed by atoms with van der Waals surface area (Å²) < 4.78 is 26.2. The van der Waals surface area contributed by atoms with E-state index in [-0.39, 0.29) is 24.0 Å². The van der Waals surface area contributed by atoms with E-state index in [9.17, 15) is 22.8 Å². The molecule has 3 unspecified atom stereocenters. The highest BCUT2D eigenvalue weighted by molar-refractivity contribution is 8.01. The number of rotatable bonds is 13. The zero-order chi connectivity index (χ0) is 26.7. The normalized spacial score (nSPS) is 23.6. The van der Waals surface area contributed by atoms with Crippen LogP contribution in [0.4, 0.5) is 0 Å². The predicted octanol–water partition coefficient (Wildman–Crippen LogP) is -0.105. The zero-order valence-corrected chi connectivity index (χ0v) is 22.8. The van der Waals surface area contributed by atoms with Gasteiger partial charge in [0.2, 0.25) is 17.7 Å². The Morgan fingerprint density at radius 1 is 1.19 bits per heavy atom. The summed E-state index contributed by atoms with van der Waals surface area (Å²) in [4.78, 5) is 39.3. The average Bonchev–Trinajstić information content (AvgIpc) is 3.40. The molecule has 3 rings (SSSR count). The second kappa shape index (κ2) is 11.4. The molecule has 3 amide bonds. The molecule has 0 saturated carbocycles. The number of amides is 3. The second-order valence-electron chi connectivity index (χ2n) is 9.62. The van der Waals surface area contributed by atoms with Crippen molar-refractivity contribution in [1.29, 1.82) is 0 Å². The second-order valence-corrected chi connectivity index (χ2v) is 13.3. The first kappa shape index (κ1) is 28.3. The molecular weight excluding hydrogens is 508 g/mol. The lowest BCUT2D eigenvalue weighted by Gasteiger charge is -2.44. The van der Waals surface area contributed by atoms with E-state index in [1.165, 1.54) is 16.7 Å². The van der Waals surface area contributed by atoms with Crippen LogP contribution in [0.2, 0.25) is 0 Å². The first-order valence-electron chi connectivity index (χ1n) is 12.3. The van der Waals surface area contributed by atoms with Gasteiger partial charge in [0.15, 0.2) is 5.82 Å². The third-order valence-corrected chi connectivity index (χ3v) is 9.54. The molecule has 1 aromatic rings. The summed E-state index contributed by atoms with van der Waals surface area (Å²) in [6, 6.07) is -2.30. The first-order chi connectivity index (χ1) is 17.0. The predicted molar refractivity (Wildman–Crippen MR) is 134 cm³/mol. The van der Waals surface area contributed by atoms with Crippen molar-refractivity contribution in [2.75, 3.05) is 12.3 Å². The summed E-state index contributed by atoms with van der Waals surface area (Å²) >= 11 is 1.44. The average molecular weight is 545 g/mol. The van der Waals surface area contributed by atoms with Gasteiger partial charge < -0.3 is 21.3 Å². The molecule has 0 aromatic carbocycles. The fraction of sp³-hybridized carbons (Fsp3) is 0.810. The molecule has 2 aliphatic rings. The monoisotopic (exact) mass is 544 g/mol. The number of aromatic nitrogens is 4. The third kappa shape index (κ3) is 5.67. The summed E-state index contributed by atoms with van der Waals surface area (Å²) in [6.07, 6.45) is 4.26. The number of thioether (sulfide) groups is 1. The van der Waals surface area contributed by atoms with E-state index in [1.807, 2.05) is 27.7 Å². The van der Waals surface area contributed by atoms with E-state index in [4.69, 9.17) is 5.73 Å². The Morgan fingerprint density at radius 3 is 2.56 bits per heavy atom. The van der Waals surface area contributed by atoms with Gasteiger partial charge in [0, 0.05) is 4.75 Å². The molecule has 13 nitrogen and oxygen atoms in total. The summed E-state index contributed by atoms with van der Waals surface area (Å²) in [5, 5.41) is 16.3. The number of β-lactam (4-membered cyclic amide) rings is 1. The number of hydrogen-bond acceptors (Lipinski definition) is 10. The SMILES string of the molecule is CCCCCCS(=O)(=O)n1nnnc1C1N2C(=O)C(NC(=O)C(CCC)NC(=O)CN)[C@@H]2SC1(C)C. The number of nitrogens with two attached hydrogens (primary N) is 1. The highest BCUT2D eigenvalue weighted by Gasteiger charge is 2.64. The summed E-state index contributed by atoms with van der Waals surface area (Å²) in [5.41, 5.74) is 5.35. The lowest BCUT2D eigenvalue weighted by Crippen LogP contribution is -2.69. The third-order valence-electron chi connectivity index (χ3n) is 6.38. The molecule has 0 radical (unpaired) electrons. The molecule has 1 aromatic heterocycles. The fourth-order valence-electron chi connectivity index (χ4n) is 4.57. The van der Waals surface area contributed by atoms with Crippen molar-refractivity contribution < 1.29 is 22.8 Å². The number of carbonyl (C=O) groups excluding carboxylic acids is 3. The highest BCUT2D eigenvalue weighted by Crippen LogP contribution is 2.57. The minimum absolute atomic E-state index is 0.0858. The number of nitrogens with one attached hydrogen (secondary N) is 2. The molecule has 0 bridgehead atoms. The highest BCUT2D eigenvalue weighted by atomic mass is 32.2. The zero-order valence-electron chi connectivity index (χ0n) is 21.1. The summed E-state index contributed by atoms with van der Waals surface area (Å²) in [5.74, 6) is -1.27. The van der Waals surface area contributed by atoms with Gasteiger partial charge in [-0.2, -0.15) is 0 Å². The van der Waals surface area contributed by atoms with Gasteiger partial charge in [0.1, 0.15) is 23.5 Å². The Hall–Kier alpha value is -2.26. The topological polar surface area (TPSA) is 182 Å². The van der Waals surface area contributed by atoms with Gasteiger partial charge in [0.25, 0.3) is 10.0 Å². The molecule has 4 N–H and O–H groups in total. The Morgan fingerprint density at radius 2 is 1.92 bits per heavy atom. The van der Waals surface area contributed by atoms with Crippen molar-refractivity contribution in [2.45, 2.75) is 94.5 Å². The summed E-state index contributed by atoms with van der Waals surface area (Å²) in [7, 11) is -3.80.